The Hall–Kier alpha value is -3.04. The van der Waals surface area contributed by atoms with E-state index in [4.69, 9.17) is 0 Å². The van der Waals surface area contributed by atoms with Crippen LogP contribution in [0.25, 0.3) is 5.69 Å². The summed E-state index contributed by atoms with van der Waals surface area (Å²) in [5, 5.41) is 2.72. The number of carbonyl (C=O) groups excluding carboxylic acids is 1. The van der Waals surface area contributed by atoms with Crippen LogP contribution in [0.5, 0.6) is 0 Å². The molecule has 1 aromatic heterocycles. The molecule has 0 saturated carbocycles. The predicted octanol–water partition coefficient (Wildman–Crippen LogP) is 2.97. The third-order valence-corrected chi connectivity index (χ3v) is 6.77. The molecule has 0 aliphatic rings. The molecule has 0 spiro atoms. The van der Waals surface area contributed by atoms with Crippen molar-refractivity contribution in [2.45, 2.75) is 25.3 Å². The first-order chi connectivity index (χ1) is 14.4. The van der Waals surface area contributed by atoms with E-state index in [-0.39, 0.29) is 17.3 Å². The van der Waals surface area contributed by atoms with Crippen molar-refractivity contribution in [2.24, 2.45) is 0 Å². The number of halogens is 1. The number of aromatic nitrogens is 2. The lowest BCUT2D eigenvalue weighted by molar-refractivity contribution is 0.0950. The predicted molar refractivity (Wildman–Crippen MR) is 111 cm³/mol. The summed E-state index contributed by atoms with van der Waals surface area (Å²) in [5.74, 6) is -0.799. The zero-order valence-electron chi connectivity index (χ0n) is 16.7. The van der Waals surface area contributed by atoms with Crippen LogP contribution in [-0.4, -0.2) is 41.3 Å². The number of sulfonamides is 1. The monoisotopic (exact) mass is 430 g/mol. The van der Waals surface area contributed by atoms with Gasteiger partial charge in [0.15, 0.2) is 0 Å². The van der Waals surface area contributed by atoms with Gasteiger partial charge in [0, 0.05) is 37.6 Å². The van der Waals surface area contributed by atoms with Crippen molar-refractivity contribution in [2.75, 3.05) is 13.1 Å². The van der Waals surface area contributed by atoms with E-state index in [9.17, 15) is 17.6 Å². The van der Waals surface area contributed by atoms with E-state index in [1.807, 2.05) is 0 Å². The lowest BCUT2D eigenvalue weighted by atomic mass is 10.1. The zero-order valence-corrected chi connectivity index (χ0v) is 17.6. The average molecular weight is 431 g/mol. The van der Waals surface area contributed by atoms with Crippen LogP contribution in [0.4, 0.5) is 4.39 Å². The fourth-order valence-corrected chi connectivity index (χ4v) is 4.50. The lowest BCUT2D eigenvalue weighted by Crippen LogP contribution is -2.30. The normalized spacial score (nSPS) is 11.6. The van der Waals surface area contributed by atoms with Crippen LogP contribution in [0.2, 0.25) is 0 Å². The third-order valence-electron chi connectivity index (χ3n) is 4.71. The van der Waals surface area contributed by atoms with E-state index in [1.165, 1.54) is 41.0 Å². The molecule has 7 nitrogen and oxygen atoms in total. The van der Waals surface area contributed by atoms with Crippen molar-refractivity contribution in [1.29, 1.82) is 0 Å². The van der Waals surface area contributed by atoms with Crippen LogP contribution < -0.4 is 5.32 Å². The van der Waals surface area contributed by atoms with Crippen LogP contribution in [0.15, 0.2) is 66.1 Å². The van der Waals surface area contributed by atoms with Crippen molar-refractivity contribution in [3.63, 3.8) is 0 Å². The minimum absolute atomic E-state index is 0.138. The quantitative estimate of drug-likeness (QED) is 0.596. The Labute approximate surface area is 175 Å². The molecule has 0 radical (unpaired) electrons. The fourth-order valence-electron chi connectivity index (χ4n) is 3.05. The number of benzene rings is 2. The number of nitrogens with zero attached hydrogens (tertiary/aromatic N) is 3. The number of carbonyl (C=O) groups is 1. The summed E-state index contributed by atoms with van der Waals surface area (Å²) < 4.78 is 42.3. The van der Waals surface area contributed by atoms with Crippen LogP contribution in [0.1, 0.15) is 29.8 Å². The molecule has 1 heterocycles. The van der Waals surface area contributed by atoms with Gasteiger partial charge in [-0.05, 0) is 42.0 Å². The molecule has 0 aliphatic carbocycles. The first-order valence-corrected chi connectivity index (χ1v) is 11.0. The molecule has 30 heavy (non-hydrogen) atoms. The summed E-state index contributed by atoms with van der Waals surface area (Å²) in [4.78, 5) is 16.4. The Morgan fingerprint density at radius 3 is 2.40 bits per heavy atom. The highest BCUT2D eigenvalue weighted by Crippen LogP contribution is 2.17. The number of amides is 1. The van der Waals surface area contributed by atoms with Gasteiger partial charge in [-0.25, -0.2) is 17.8 Å². The van der Waals surface area contributed by atoms with Crippen LogP contribution in [0, 0.1) is 5.82 Å². The van der Waals surface area contributed by atoms with E-state index in [0.29, 0.717) is 29.9 Å². The molecule has 1 amide bonds. The second-order valence-corrected chi connectivity index (χ2v) is 8.49. The van der Waals surface area contributed by atoms with Crippen molar-refractivity contribution in [3.8, 4) is 5.69 Å². The highest BCUT2D eigenvalue weighted by molar-refractivity contribution is 7.89. The summed E-state index contributed by atoms with van der Waals surface area (Å²) in [7, 11) is -3.57. The molecule has 0 atom stereocenters. The van der Waals surface area contributed by atoms with E-state index in [1.54, 1.807) is 42.9 Å². The van der Waals surface area contributed by atoms with Gasteiger partial charge in [0.1, 0.15) is 5.82 Å². The molecule has 1 N–H and O–H groups in total. The Kier molecular flexibility index (Phi) is 6.63. The van der Waals surface area contributed by atoms with Crippen LogP contribution >= 0.6 is 0 Å². The molecule has 0 unspecified atom stereocenters. The number of rotatable bonds is 8. The van der Waals surface area contributed by atoms with E-state index >= 15 is 0 Å². The van der Waals surface area contributed by atoms with E-state index < -0.39 is 15.8 Å². The van der Waals surface area contributed by atoms with Gasteiger partial charge in [0.25, 0.3) is 5.91 Å². The molecular weight excluding hydrogens is 407 g/mol. The molecule has 3 rings (SSSR count). The van der Waals surface area contributed by atoms with Gasteiger partial charge in [0.05, 0.1) is 16.9 Å². The molecule has 3 aromatic rings. The van der Waals surface area contributed by atoms with Crippen molar-refractivity contribution in [1.82, 2.24) is 19.2 Å². The first-order valence-electron chi connectivity index (χ1n) is 9.52. The molecule has 9 heteroatoms. The summed E-state index contributed by atoms with van der Waals surface area (Å²) in [6, 6.07) is 10.5. The summed E-state index contributed by atoms with van der Waals surface area (Å²) in [6.07, 6.45) is 4.71. The molecule has 2 aromatic carbocycles. The summed E-state index contributed by atoms with van der Waals surface area (Å²) in [6.45, 7) is 4.43. The minimum Gasteiger partial charge on any atom is -0.348 e. The van der Waals surface area contributed by atoms with Gasteiger partial charge >= 0.3 is 0 Å². The number of hydrogen-bond acceptors (Lipinski definition) is 4. The number of hydrogen-bond donors (Lipinski definition) is 1. The second kappa shape index (κ2) is 9.19. The number of imidazole rings is 1. The summed E-state index contributed by atoms with van der Waals surface area (Å²) >= 11 is 0. The van der Waals surface area contributed by atoms with Gasteiger partial charge in [-0.3, -0.25) is 4.79 Å². The maximum atomic E-state index is 14.3. The highest BCUT2D eigenvalue weighted by Gasteiger charge is 2.21. The minimum atomic E-state index is -3.57. The smallest absolute Gasteiger partial charge is 0.251 e. The molecule has 0 bridgehead atoms. The van der Waals surface area contributed by atoms with Gasteiger partial charge in [-0.1, -0.05) is 19.9 Å². The molecular formula is C21H23FN4O3S. The molecule has 158 valence electrons. The van der Waals surface area contributed by atoms with Crippen molar-refractivity contribution in [3.05, 3.63) is 78.1 Å². The molecule has 0 saturated heterocycles. The maximum Gasteiger partial charge on any atom is 0.251 e. The van der Waals surface area contributed by atoms with E-state index in [2.05, 4.69) is 10.3 Å². The fraction of sp³-hybridized carbons (Fsp3) is 0.238. The number of nitrogens with one attached hydrogen (secondary N) is 1. The van der Waals surface area contributed by atoms with Gasteiger partial charge in [0.2, 0.25) is 10.0 Å². The standard InChI is InChI=1S/C21H23FN4O3S/c1-3-26(4-2)30(28,29)18-8-6-17(7-9-18)21(27)24-14-16-5-10-20(19(22)13-16)25-12-11-23-15-25/h5-13,15H,3-4,14H2,1-2H3,(H,24,27). The first kappa shape index (κ1) is 21.7. The topological polar surface area (TPSA) is 84.3 Å². The van der Waals surface area contributed by atoms with E-state index in [0.717, 1.165) is 0 Å². The Balaban J connectivity index is 1.66. The average Bonchev–Trinajstić information content (AvgIpc) is 3.27. The van der Waals surface area contributed by atoms with Gasteiger partial charge < -0.3 is 9.88 Å². The Morgan fingerprint density at radius 2 is 1.83 bits per heavy atom. The second-order valence-electron chi connectivity index (χ2n) is 6.55. The van der Waals surface area contributed by atoms with Crippen LogP contribution in [-0.2, 0) is 16.6 Å². The Bertz CT molecular complexity index is 1110. The lowest BCUT2D eigenvalue weighted by Gasteiger charge is -2.18. The van der Waals surface area contributed by atoms with Crippen molar-refractivity contribution < 1.29 is 17.6 Å². The molecule has 0 aliphatic heterocycles. The third kappa shape index (κ3) is 4.58. The SMILES string of the molecule is CCN(CC)S(=O)(=O)c1ccc(C(=O)NCc2ccc(-n3ccnc3)c(F)c2)cc1. The van der Waals surface area contributed by atoms with Crippen LogP contribution in [0.3, 0.4) is 0 Å². The highest BCUT2D eigenvalue weighted by atomic mass is 32.2. The van der Waals surface area contributed by atoms with Gasteiger partial charge in [-0.15, -0.1) is 0 Å². The summed E-state index contributed by atoms with van der Waals surface area (Å²) in [5.41, 5.74) is 1.29. The Morgan fingerprint density at radius 1 is 1.13 bits per heavy atom. The zero-order chi connectivity index (χ0) is 21.7. The molecule has 0 fully saturated rings. The largest absolute Gasteiger partial charge is 0.348 e. The van der Waals surface area contributed by atoms with Crippen molar-refractivity contribution >= 4 is 15.9 Å². The van der Waals surface area contributed by atoms with Gasteiger partial charge in [-0.2, -0.15) is 4.31 Å². The maximum absolute atomic E-state index is 14.3.